The van der Waals surface area contributed by atoms with Crippen molar-refractivity contribution in [3.63, 3.8) is 0 Å². The minimum absolute atomic E-state index is 0.0536. The quantitative estimate of drug-likeness (QED) is 0.808. The van der Waals surface area contributed by atoms with Gasteiger partial charge in [0.25, 0.3) is 0 Å². The predicted octanol–water partition coefficient (Wildman–Crippen LogP) is 2.42. The molecule has 0 spiro atoms. The molecule has 0 amide bonds. The molecule has 0 aromatic heterocycles. The molecule has 1 aromatic carbocycles. The van der Waals surface area contributed by atoms with Crippen LogP contribution >= 0.6 is 23.2 Å². The first-order chi connectivity index (χ1) is 9.42. The summed E-state index contributed by atoms with van der Waals surface area (Å²) < 4.78 is 32.2. The number of halogens is 2. The van der Waals surface area contributed by atoms with Crippen LogP contribution < -0.4 is 10.5 Å². The number of nitrogens with one attached hydrogen (secondary N) is 1. The maximum atomic E-state index is 12.2. The van der Waals surface area contributed by atoms with E-state index in [1.165, 1.54) is 12.1 Å². The summed E-state index contributed by atoms with van der Waals surface area (Å²) in [6.45, 7) is 1.04. The number of sulfonamides is 1. The van der Waals surface area contributed by atoms with Gasteiger partial charge in [-0.15, -0.1) is 0 Å². The van der Waals surface area contributed by atoms with Gasteiger partial charge in [0, 0.05) is 13.2 Å². The molecule has 0 radical (unpaired) electrons. The molecule has 1 fully saturated rings. The Morgan fingerprint density at radius 2 is 2.15 bits per heavy atom. The lowest BCUT2D eigenvalue weighted by Crippen LogP contribution is -2.27. The van der Waals surface area contributed by atoms with E-state index in [0.29, 0.717) is 13.0 Å². The Kier molecular flexibility index (Phi) is 5.14. The van der Waals surface area contributed by atoms with Crippen molar-refractivity contribution in [2.24, 2.45) is 0 Å². The molecule has 1 aliphatic heterocycles. The molecule has 1 unspecified atom stereocenters. The van der Waals surface area contributed by atoms with Crippen molar-refractivity contribution in [2.45, 2.75) is 30.3 Å². The van der Waals surface area contributed by atoms with E-state index >= 15 is 0 Å². The topological polar surface area (TPSA) is 81.4 Å². The standard InChI is InChI=1S/C12H16Cl2N2O3S/c13-9-3-4-10(11(14)12(9)15)20(17,18)16-6-5-8-2-1-7-19-8/h3-4,8,16H,1-2,5-7,15H2. The number of benzene rings is 1. The van der Waals surface area contributed by atoms with Gasteiger partial charge >= 0.3 is 0 Å². The van der Waals surface area contributed by atoms with Crippen LogP contribution in [0.2, 0.25) is 10.0 Å². The fourth-order valence-electron chi connectivity index (χ4n) is 2.06. The van der Waals surface area contributed by atoms with Crippen LogP contribution in [0.4, 0.5) is 5.69 Å². The van der Waals surface area contributed by atoms with Gasteiger partial charge in [-0.25, -0.2) is 13.1 Å². The van der Waals surface area contributed by atoms with E-state index in [9.17, 15) is 8.42 Å². The van der Waals surface area contributed by atoms with Gasteiger partial charge in [-0.2, -0.15) is 0 Å². The number of hydrogen-bond donors (Lipinski definition) is 2. The molecule has 0 saturated carbocycles. The lowest BCUT2D eigenvalue weighted by molar-refractivity contribution is 0.105. The molecule has 1 atom stereocenters. The summed E-state index contributed by atoms with van der Waals surface area (Å²) in [5.41, 5.74) is 5.70. The maximum Gasteiger partial charge on any atom is 0.242 e. The van der Waals surface area contributed by atoms with Gasteiger partial charge < -0.3 is 10.5 Å². The van der Waals surface area contributed by atoms with Gasteiger partial charge in [0.2, 0.25) is 10.0 Å². The molecule has 1 saturated heterocycles. The molecular formula is C12H16Cl2N2O3S. The molecule has 2 rings (SSSR count). The van der Waals surface area contributed by atoms with Crippen molar-refractivity contribution in [2.75, 3.05) is 18.9 Å². The molecule has 1 aromatic rings. The minimum Gasteiger partial charge on any atom is -0.396 e. The molecule has 112 valence electrons. The van der Waals surface area contributed by atoms with Gasteiger partial charge in [-0.05, 0) is 31.4 Å². The van der Waals surface area contributed by atoms with E-state index in [1.807, 2.05) is 0 Å². The minimum atomic E-state index is -3.70. The molecule has 1 aliphatic rings. The second-order valence-corrected chi connectivity index (χ2v) is 7.12. The second kappa shape index (κ2) is 6.49. The van der Waals surface area contributed by atoms with Gasteiger partial charge in [-0.3, -0.25) is 0 Å². The van der Waals surface area contributed by atoms with Crippen molar-refractivity contribution in [3.05, 3.63) is 22.2 Å². The second-order valence-electron chi connectivity index (χ2n) is 4.59. The van der Waals surface area contributed by atoms with E-state index < -0.39 is 10.0 Å². The number of hydrogen-bond acceptors (Lipinski definition) is 4. The number of nitrogens with two attached hydrogens (primary N) is 1. The molecule has 0 bridgehead atoms. The first-order valence-electron chi connectivity index (χ1n) is 6.26. The van der Waals surface area contributed by atoms with Gasteiger partial charge in [0.15, 0.2) is 0 Å². The molecule has 5 nitrogen and oxygen atoms in total. The molecule has 1 heterocycles. The van der Waals surface area contributed by atoms with E-state index in [0.717, 1.165) is 19.4 Å². The highest BCUT2D eigenvalue weighted by Crippen LogP contribution is 2.32. The Labute approximate surface area is 128 Å². The Morgan fingerprint density at radius 1 is 1.40 bits per heavy atom. The summed E-state index contributed by atoms with van der Waals surface area (Å²) in [4.78, 5) is -0.0617. The molecule has 8 heteroatoms. The van der Waals surface area contributed by atoms with Crippen LogP contribution in [0.15, 0.2) is 17.0 Å². The lowest BCUT2D eigenvalue weighted by atomic mass is 10.2. The van der Waals surface area contributed by atoms with Crippen molar-refractivity contribution < 1.29 is 13.2 Å². The SMILES string of the molecule is Nc1c(Cl)ccc(S(=O)(=O)NCCC2CCCO2)c1Cl. The summed E-state index contributed by atoms with van der Waals surface area (Å²) in [5.74, 6) is 0. The fraction of sp³-hybridized carbons (Fsp3) is 0.500. The van der Waals surface area contributed by atoms with Crippen LogP contribution in [0.1, 0.15) is 19.3 Å². The van der Waals surface area contributed by atoms with Crippen molar-refractivity contribution in [1.29, 1.82) is 0 Å². The average Bonchev–Trinajstić information content (AvgIpc) is 2.88. The third-order valence-corrected chi connectivity index (χ3v) is 5.52. The number of anilines is 1. The van der Waals surface area contributed by atoms with Crippen molar-refractivity contribution >= 4 is 38.9 Å². The average molecular weight is 339 g/mol. The maximum absolute atomic E-state index is 12.2. The summed E-state index contributed by atoms with van der Waals surface area (Å²) >= 11 is 11.7. The first kappa shape index (κ1) is 15.9. The van der Waals surface area contributed by atoms with Crippen LogP contribution in [0.3, 0.4) is 0 Å². The predicted molar refractivity (Wildman–Crippen MR) is 79.7 cm³/mol. The molecule has 20 heavy (non-hydrogen) atoms. The van der Waals surface area contributed by atoms with Gasteiger partial charge in [0.05, 0.1) is 21.8 Å². The highest BCUT2D eigenvalue weighted by molar-refractivity contribution is 7.89. The van der Waals surface area contributed by atoms with Crippen LogP contribution in [0.25, 0.3) is 0 Å². The Balaban J connectivity index is 2.04. The van der Waals surface area contributed by atoms with Gasteiger partial charge in [0.1, 0.15) is 4.90 Å². The largest absolute Gasteiger partial charge is 0.396 e. The third kappa shape index (κ3) is 3.56. The highest BCUT2D eigenvalue weighted by Gasteiger charge is 2.21. The van der Waals surface area contributed by atoms with Crippen LogP contribution in [-0.2, 0) is 14.8 Å². The molecule has 3 N–H and O–H groups in total. The van der Waals surface area contributed by atoms with E-state index in [-0.39, 0.29) is 26.7 Å². The number of ether oxygens (including phenoxy) is 1. The van der Waals surface area contributed by atoms with Crippen molar-refractivity contribution in [3.8, 4) is 0 Å². The normalized spacial score (nSPS) is 19.4. The summed E-state index contributed by atoms with van der Waals surface area (Å²) in [6.07, 6.45) is 2.76. The summed E-state index contributed by atoms with van der Waals surface area (Å²) in [5, 5.41) is 0.176. The lowest BCUT2D eigenvalue weighted by Gasteiger charge is -2.12. The van der Waals surface area contributed by atoms with Crippen molar-refractivity contribution in [1.82, 2.24) is 4.72 Å². The number of nitrogen functional groups attached to an aromatic ring is 1. The smallest absolute Gasteiger partial charge is 0.242 e. The van der Waals surface area contributed by atoms with Crippen LogP contribution in [0.5, 0.6) is 0 Å². The zero-order valence-corrected chi connectivity index (χ0v) is 13.1. The molecule has 0 aliphatic carbocycles. The van der Waals surface area contributed by atoms with Gasteiger partial charge in [-0.1, -0.05) is 23.2 Å². The van der Waals surface area contributed by atoms with E-state index in [2.05, 4.69) is 4.72 Å². The highest BCUT2D eigenvalue weighted by atomic mass is 35.5. The van der Waals surface area contributed by atoms with E-state index in [1.54, 1.807) is 0 Å². The Morgan fingerprint density at radius 3 is 2.80 bits per heavy atom. The summed E-state index contributed by atoms with van der Waals surface area (Å²) in [7, 11) is -3.70. The molecular weight excluding hydrogens is 323 g/mol. The third-order valence-electron chi connectivity index (χ3n) is 3.16. The van der Waals surface area contributed by atoms with Crippen LogP contribution in [0, 0.1) is 0 Å². The Bertz CT molecular complexity index is 587. The zero-order valence-electron chi connectivity index (χ0n) is 10.7. The van der Waals surface area contributed by atoms with E-state index in [4.69, 9.17) is 33.7 Å². The summed E-state index contributed by atoms with van der Waals surface area (Å²) in [6, 6.07) is 2.76. The Hall–Kier alpha value is -0.530. The number of rotatable bonds is 5. The first-order valence-corrected chi connectivity index (χ1v) is 8.50. The monoisotopic (exact) mass is 338 g/mol. The van der Waals surface area contributed by atoms with Crippen LogP contribution in [-0.4, -0.2) is 27.7 Å². The zero-order chi connectivity index (χ0) is 14.8. The fourth-order valence-corrected chi connectivity index (χ4v) is 3.87.